The van der Waals surface area contributed by atoms with Crippen molar-refractivity contribution in [3.8, 4) is 11.3 Å². The lowest BCUT2D eigenvalue weighted by Crippen LogP contribution is -2.29. The Kier molecular flexibility index (Phi) is 4.23. The van der Waals surface area contributed by atoms with Crippen LogP contribution in [0.15, 0.2) is 60.8 Å². The van der Waals surface area contributed by atoms with E-state index in [4.69, 9.17) is 0 Å². The van der Waals surface area contributed by atoms with Gasteiger partial charge in [-0.05, 0) is 18.1 Å². The zero-order valence-corrected chi connectivity index (χ0v) is 14.4. The Morgan fingerprint density at radius 1 is 1.12 bits per heavy atom. The summed E-state index contributed by atoms with van der Waals surface area (Å²) in [6, 6.07) is 17.4. The number of para-hydroxylation sites is 1. The average Bonchev–Trinajstić information content (AvgIpc) is 3.34. The normalized spacial score (nSPS) is 12.2. The van der Waals surface area contributed by atoms with Crippen LogP contribution in [0, 0.1) is 0 Å². The minimum Gasteiger partial charge on any atom is -0.341 e. The molecule has 0 aliphatic heterocycles. The Bertz CT molecular complexity index is 1030. The van der Waals surface area contributed by atoms with Crippen molar-refractivity contribution in [2.75, 3.05) is 0 Å². The molecule has 0 aliphatic rings. The first-order valence-corrected chi connectivity index (χ1v) is 8.60. The average molecular weight is 345 g/mol. The van der Waals surface area contributed by atoms with Crippen LogP contribution in [-0.4, -0.2) is 26.1 Å². The highest BCUT2D eigenvalue weighted by Crippen LogP contribution is 2.21. The number of amides is 1. The van der Waals surface area contributed by atoms with E-state index in [1.165, 1.54) is 0 Å². The van der Waals surface area contributed by atoms with Gasteiger partial charge >= 0.3 is 0 Å². The lowest BCUT2D eigenvalue weighted by atomic mass is 10.1. The SMILES string of the molecule is CCC(NC(=O)c1n[nH]c2ccccc12)c1ncc(-c2ccccc2)[nH]1. The number of imidazole rings is 1. The van der Waals surface area contributed by atoms with Crippen molar-refractivity contribution < 1.29 is 4.79 Å². The Morgan fingerprint density at radius 2 is 1.88 bits per heavy atom. The number of fused-ring (bicyclic) bond motifs is 1. The van der Waals surface area contributed by atoms with Gasteiger partial charge in [0.25, 0.3) is 5.91 Å². The third kappa shape index (κ3) is 2.97. The summed E-state index contributed by atoms with van der Waals surface area (Å²) in [6.07, 6.45) is 2.51. The number of benzene rings is 2. The van der Waals surface area contributed by atoms with Crippen molar-refractivity contribution in [3.05, 3.63) is 72.3 Å². The number of rotatable bonds is 5. The van der Waals surface area contributed by atoms with Crippen LogP contribution < -0.4 is 5.32 Å². The van der Waals surface area contributed by atoms with Crippen molar-refractivity contribution in [1.29, 1.82) is 0 Å². The maximum Gasteiger partial charge on any atom is 0.273 e. The second kappa shape index (κ2) is 6.84. The third-order valence-electron chi connectivity index (χ3n) is 4.41. The number of carbonyl (C=O) groups is 1. The monoisotopic (exact) mass is 345 g/mol. The van der Waals surface area contributed by atoms with Crippen LogP contribution in [0.1, 0.15) is 35.7 Å². The van der Waals surface area contributed by atoms with E-state index in [0.717, 1.165) is 34.4 Å². The Balaban J connectivity index is 1.56. The van der Waals surface area contributed by atoms with Crippen LogP contribution >= 0.6 is 0 Å². The molecule has 1 amide bonds. The molecule has 3 N–H and O–H groups in total. The van der Waals surface area contributed by atoms with Crippen LogP contribution in [0.3, 0.4) is 0 Å². The predicted octanol–water partition coefficient (Wildman–Crippen LogP) is 3.83. The van der Waals surface area contributed by atoms with Crippen LogP contribution in [0.5, 0.6) is 0 Å². The molecule has 6 nitrogen and oxygen atoms in total. The van der Waals surface area contributed by atoms with Gasteiger partial charge in [-0.25, -0.2) is 4.98 Å². The minimum absolute atomic E-state index is 0.213. The number of aromatic amines is 2. The summed E-state index contributed by atoms with van der Waals surface area (Å²) in [6.45, 7) is 2.01. The molecule has 2 heterocycles. The van der Waals surface area contributed by atoms with E-state index in [-0.39, 0.29) is 11.9 Å². The largest absolute Gasteiger partial charge is 0.341 e. The molecule has 1 unspecified atom stereocenters. The highest BCUT2D eigenvalue weighted by Gasteiger charge is 2.20. The fourth-order valence-corrected chi connectivity index (χ4v) is 3.01. The quantitative estimate of drug-likeness (QED) is 0.514. The molecule has 0 saturated heterocycles. The molecule has 4 rings (SSSR count). The number of H-pyrrole nitrogens is 2. The van der Waals surface area contributed by atoms with E-state index in [1.54, 1.807) is 6.20 Å². The summed E-state index contributed by atoms with van der Waals surface area (Å²) in [5.41, 5.74) is 3.23. The van der Waals surface area contributed by atoms with E-state index in [2.05, 4.69) is 25.5 Å². The van der Waals surface area contributed by atoms with Crippen molar-refractivity contribution in [1.82, 2.24) is 25.5 Å². The Hall–Kier alpha value is -3.41. The van der Waals surface area contributed by atoms with Crippen LogP contribution in [0.2, 0.25) is 0 Å². The molecular weight excluding hydrogens is 326 g/mol. The van der Waals surface area contributed by atoms with Crippen molar-refractivity contribution in [2.45, 2.75) is 19.4 Å². The topological polar surface area (TPSA) is 86.5 Å². The van der Waals surface area contributed by atoms with E-state index >= 15 is 0 Å². The van der Waals surface area contributed by atoms with Gasteiger partial charge in [-0.15, -0.1) is 0 Å². The molecule has 0 bridgehead atoms. The molecule has 0 radical (unpaired) electrons. The Labute approximate surface area is 150 Å². The van der Waals surface area contributed by atoms with Crippen LogP contribution in [0.4, 0.5) is 0 Å². The van der Waals surface area contributed by atoms with Gasteiger partial charge in [0.1, 0.15) is 5.82 Å². The van der Waals surface area contributed by atoms with Crippen molar-refractivity contribution >= 4 is 16.8 Å². The number of nitrogens with one attached hydrogen (secondary N) is 3. The number of aromatic nitrogens is 4. The molecule has 2 aromatic heterocycles. The molecule has 0 aliphatic carbocycles. The summed E-state index contributed by atoms with van der Waals surface area (Å²) in [7, 11) is 0. The maximum atomic E-state index is 12.7. The summed E-state index contributed by atoms with van der Waals surface area (Å²) >= 11 is 0. The number of carbonyl (C=O) groups excluding carboxylic acids is 1. The van der Waals surface area contributed by atoms with Gasteiger partial charge in [0.2, 0.25) is 0 Å². The third-order valence-corrected chi connectivity index (χ3v) is 4.41. The van der Waals surface area contributed by atoms with Gasteiger partial charge in [0, 0.05) is 5.39 Å². The second-order valence-electron chi connectivity index (χ2n) is 6.10. The van der Waals surface area contributed by atoms with Gasteiger partial charge in [0.05, 0.1) is 23.4 Å². The van der Waals surface area contributed by atoms with E-state index in [1.807, 2.05) is 61.5 Å². The smallest absolute Gasteiger partial charge is 0.273 e. The van der Waals surface area contributed by atoms with Gasteiger partial charge in [0.15, 0.2) is 5.69 Å². The lowest BCUT2D eigenvalue weighted by Gasteiger charge is -2.14. The van der Waals surface area contributed by atoms with Gasteiger partial charge < -0.3 is 10.3 Å². The fraction of sp³-hybridized carbons (Fsp3) is 0.150. The summed E-state index contributed by atoms with van der Waals surface area (Å²) in [5, 5.41) is 10.9. The number of hydrogen-bond acceptors (Lipinski definition) is 3. The lowest BCUT2D eigenvalue weighted by molar-refractivity contribution is 0.0930. The molecule has 0 fully saturated rings. The van der Waals surface area contributed by atoms with Gasteiger partial charge in [-0.3, -0.25) is 9.89 Å². The molecule has 0 spiro atoms. The first kappa shape index (κ1) is 16.1. The predicted molar refractivity (Wildman–Crippen MR) is 101 cm³/mol. The zero-order valence-electron chi connectivity index (χ0n) is 14.4. The van der Waals surface area contributed by atoms with Crippen molar-refractivity contribution in [2.24, 2.45) is 0 Å². The molecule has 130 valence electrons. The van der Waals surface area contributed by atoms with Gasteiger partial charge in [-0.2, -0.15) is 5.10 Å². The maximum absolute atomic E-state index is 12.7. The van der Waals surface area contributed by atoms with E-state index in [0.29, 0.717) is 5.69 Å². The molecular formula is C20H19N5O. The number of nitrogens with zero attached hydrogens (tertiary/aromatic N) is 2. The summed E-state index contributed by atoms with van der Waals surface area (Å²) in [4.78, 5) is 20.5. The second-order valence-corrected chi connectivity index (χ2v) is 6.10. The van der Waals surface area contributed by atoms with E-state index in [9.17, 15) is 4.79 Å². The highest BCUT2D eigenvalue weighted by atomic mass is 16.2. The molecule has 0 saturated carbocycles. The zero-order chi connectivity index (χ0) is 17.9. The molecule has 26 heavy (non-hydrogen) atoms. The van der Waals surface area contributed by atoms with Crippen LogP contribution in [-0.2, 0) is 0 Å². The minimum atomic E-state index is -0.216. The molecule has 1 atom stereocenters. The fourth-order valence-electron chi connectivity index (χ4n) is 3.01. The standard InChI is InChI=1S/C20H19N5O/c1-2-15(19-21-12-17(22-19)13-8-4-3-5-9-13)23-20(26)18-14-10-6-7-11-16(14)24-25-18/h3-12,15H,2H2,1H3,(H,21,22)(H,23,26)(H,24,25). The van der Waals surface area contributed by atoms with Crippen LogP contribution in [0.25, 0.3) is 22.2 Å². The summed E-state index contributed by atoms with van der Waals surface area (Å²) < 4.78 is 0. The molecule has 4 aromatic rings. The first-order chi connectivity index (χ1) is 12.8. The molecule has 2 aromatic carbocycles. The highest BCUT2D eigenvalue weighted by molar-refractivity contribution is 6.04. The number of hydrogen-bond donors (Lipinski definition) is 3. The summed E-state index contributed by atoms with van der Waals surface area (Å²) in [5.74, 6) is 0.520. The Morgan fingerprint density at radius 3 is 2.69 bits per heavy atom. The molecule has 6 heteroatoms. The van der Waals surface area contributed by atoms with Crippen molar-refractivity contribution in [3.63, 3.8) is 0 Å². The first-order valence-electron chi connectivity index (χ1n) is 8.60. The van der Waals surface area contributed by atoms with Gasteiger partial charge in [-0.1, -0.05) is 55.5 Å². The van der Waals surface area contributed by atoms with E-state index < -0.39 is 0 Å².